The zero-order chi connectivity index (χ0) is 13.8. The molecule has 18 heavy (non-hydrogen) atoms. The van der Waals surface area contributed by atoms with Crippen LogP contribution in [0.2, 0.25) is 0 Å². The number of nitrogens with two attached hydrogens (primary N) is 1. The molecular weight excluding hydrogens is 228 g/mol. The van der Waals surface area contributed by atoms with Crippen molar-refractivity contribution in [1.29, 1.82) is 0 Å². The lowest BCUT2D eigenvalue weighted by Gasteiger charge is -2.41. The van der Waals surface area contributed by atoms with Crippen molar-refractivity contribution in [2.75, 3.05) is 13.7 Å². The summed E-state index contributed by atoms with van der Waals surface area (Å²) in [7, 11) is 1.53. The first-order valence-electron chi connectivity index (χ1n) is 6.93. The van der Waals surface area contributed by atoms with E-state index in [2.05, 4.69) is 26.1 Å². The Morgan fingerprint density at radius 3 is 2.50 bits per heavy atom. The summed E-state index contributed by atoms with van der Waals surface area (Å²) in [4.78, 5) is 12.0. The Bertz CT molecular complexity index is 269. The van der Waals surface area contributed by atoms with Gasteiger partial charge in [-0.05, 0) is 24.2 Å². The van der Waals surface area contributed by atoms with Crippen LogP contribution in [-0.2, 0) is 9.53 Å². The molecule has 0 aromatic heterocycles. The first-order valence-corrected chi connectivity index (χ1v) is 6.93. The highest BCUT2D eigenvalue weighted by molar-refractivity contribution is 5.81. The molecule has 0 aromatic rings. The van der Waals surface area contributed by atoms with E-state index in [1.807, 2.05) is 0 Å². The van der Waals surface area contributed by atoms with Gasteiger partial charge in [0.15, 0.2) is 0 Å². The normalized spacial score (nSPS) is 26.7. The maximum absolute atomic E-state index is 12.0. The van der Waals surface area contributed by atoms with Gasteiger partial charge in [-0.1, -0.05) is 33.6 Å². The Morgan fingerprint density at radius 2 is 2.00 bits per heavy atom. The topological polar surface area (TPSA) is 64.3 Å². The predicted octanol–water partition coefficient (Wildman–Crippen LogP) is 1.68. The Kier molecular flexibility index (Phi) is 5.60. The van der Waals surface area contributed by atoms with E-state index < -0.39 is 6.10 Å². The first-order chi connectivity index (χ1) is 8.40. The van der Waals surface area contributed by atoms with Crippen molar-refractivity contribution in [3.05, 3.63) is 0 Å². The minimum Gasteiger partial charge on any atom is -0.370 e. The van der Waals surface area contributed by atoms with Gasteiger partial charge >= 0.3 is 0 Å². The minimum atomic E-state index is -0.521. The van der Waals surface area contributed by atoms with Gasteiger partial charge in [-0.3, -0.25) is 4.79 Å². The summed E-state index contributed by atoms with van der Waals surface area (Å²) in [5, 5.41) is 3.13. The summed E-state index contributed by atoms with van der Waals surface area (Å²) in [5.74, 6) is 0.464. The van der Waals surface area contributed by atoms with Crippen LogP contribution in [0.15, 0.2) is 0 Å². The van der Waals surface area contributed by atoms with Gasteiger partial charge in [0.05, 0.1) is 0 Å². The maximum Gasteiger partial charge on any atom is 0.250 e. The molecule has 1 fully saturated rings. The van der Waals surface area contributed by atoms with Crippen molar-refractivity contribution in [1.82, 2.24) is 5.32 Å². The molecule has 0 bridgehead atoms. The van der Waals surface area contributed by atoms with E-state index >= 15 is 0 Å². The van der Waals surface area contributed by atoms with Gasteiger partial charge < -0.3 is 15.8 Å². The first kappa shape index (κ1) is 15.4. The molecule has 1 amide bonds. The minimum absolute atomic E-state index is 0.0684. The molecule has 106 valence electrons. The van der Waals surface area contributed by atoms with E-state index in [1.165, 1.54) is 26.4 Å². The third kappa shape index (κ3) is 3.95. The number of hydrogen-bond donors (Lipinski definition) is 2. The number of hydrogen-bond acceptors (Lipinski definition) is 3. The number of rotatable bonds is 4. The van der Waals surface area contributed by atoms with Crippen molar-refractivity contribution in [3.63, 3.8) is 0 Å². The lowest BCUT2D eigenvalue weighted by atomic mass is 9.69. The second kappa shape index (κ2) is 6.53. The fraction of sp³-hybridized carbons (Fsp3) is 0.929. The summed E-state index contributed by atoms with van der Waals surface area (Å²) >= 11 is 0. The van der Waals surface area contributed by atoms with Crippen LogP contribution in [0.4, 0.5) is 0 Å². The second-order valence-electron chi connectivity index (χ2n) is 6.33. The lowest BCUT2D eigenvalue weighted by Crippen LogP contribution is -2.51. The SMILES string of the molecule is COC(CN)C(=O)NC1CCCCC1C(C)(C)C. The van der Waals surface area contributed by atoms with Crippen molar-refractivity contribution >= 4 is 5.91 Å². The summed E-state index contributed by atoms with van der Waals surface area (Å²) < 4.78 is 5.09. The Balaban J connectivity index is 2.65. The molecule has 1 aliphatic rings. The van der Waals surface area contributed by atoms with Gasteiger partial charge in [-0.25, -0.2) is 0 Å². The largest absolute Gasteiger partial charge is 0.370 e. The number of methoxy groups -OCH3 is 1. The van der Waals surface area contributed by atoms with E-state index in [1.54, 1.807) is 0 Å². The van der Waals surface area contributed by atoms with Crippen LogP contribution >= 0.6 is 0 Å². The quantitative estimate of drug-likeness (QED) is 0.804. The second-order valence-corrected chi connectivity index (χ2v) is 6.33. The number of ether oxygens (including phenoxy) is 1. The number of nitrogens with one attached hydrogen (secondary N) is 1. The molecule has 4 heteroatoms. The summed E-state index contributed by atoms with van der Waals surface area (Å²) in [6, 6.07) is 0.260. The zero-order valence-electron chi connectivity index (χ0n) is 12.2. The molecule has 0 aromatic carbocycles. The van der Waals surface area contributed by atoms with Crippen LogP contribution in [0.5, 0.6) is 0 Å². The van der Waals surface area contributed by atoms with Gasteiger partial charge in [0, 0.05) is 19.7 Å². The Labute approximate surface area is 111 Å². The smallest absolute Gasteiger partial charge is 0.250 e. The van der Waals surface area contributed by atoms with E-state index in [4.69, 9.17) is 10.5 Å². The molecule has 3 N–H and O–H groups in total. The van der Waals surface area contributed by atoms with Gasteiger partial charge in [-0.15, -0.1) is 0 Å². The number of amides is 1. The average molecular weight is 256 g/mol. The van der Waals surface area contributed by atoms with Crippen molar-refractivity contribution in [2.24, 2.45) is 17.1 Å². The van der Waals surface area contributed by atoms with Gasteiger partial charge in [-0.2, -0.15) is 0 Å². The van der Waals surface area contributed by atoms with E-state index in [0.717, 1.165) is 6.42 Å². The molecule has 0 spiro atoms. The predicted molar refractivity (Wildman–Crippen MR) is 73.2 cm³/mol. The van der Waals surface area contributed by atoms with Crippen LogP contribution in [0, 0.1) is 11.3 Å². The highest BCUT2D eigenvalue weighted by Crippen LogP contribution is 2.37. The van der Waals surface area contributed by atoms with E-state index in [9.17, 15) is 4.79 Å². The highest BCUT2D eigenvalue weighted by Gasteiger charge is 2.35. The molecule has 4 nitrogen and oxygen atoms in total. The molecule has 0 aliphatic heterocycles. The van der Waals surface area contributed by atoms with Gasteiger partial charge in [0.25, 0.3) is 5.91 Å². The third-order valence-electron chi connectivity index (χ3n) is 4.00. The Morgan fingerprint density at radius 1 is 1.39 bits per heavy atom. The standard InChI is InChI=1S/C14H28N2O2/c1-14(2,3)10-7-5-6-8-11(10)16-13(17)12(9-15)18-4/h10-12H,5-9,15H2,1-4H3,(H,16,17). The fourth-order valence-electron chi connectivity index (χ4n) is 2.93. The number of carbonyl (C=O) groups is 1. The monoisotopic (exact) mass is 256 g/mol. The van der Waals surface area contributed by atoms with E-state index in [0.29, 0.717) is 5.92 Å². The third-order valence-corrected chi connectivity index (χ3v) is 4.00. The molecule has 0 saturated heterocycles. The molecule has 1 rings (SSSR count). The summed E-state index contributed by atoms with van der Waals surface area (Å²) in [6.45, 7) is 6.98. The van der Waals surface area contributed by atoms with Crippen LogP contribution in [0.25, 0.3) is 0 Å². The Hall–Kier alpha value is -0.610. The molecule has 3 atom stereocenters. The molecular formula is C14H28N2O2. The van der Waals surface area contributed by atoms with Crippen molar-refractivity contribution in [3.8, 4) is 0 Å². The van der Waals surface area contributed by atoms with Crippen LogP contribution in [0.1, 0.15) is 46.5 Å². The molecule has 3 unspecified atom stereocenters. The molecule has 1 aliphatic carbocycles. The van der Waals surface area contributed by atoms with E-state index in [-0.39, 0.29) is 23.9 Å². The van der Waals surface area contributed by atoms with Crippen LogP contribution < -0.4 is 11.1 Å². The highest BCUT2D eigenvalue weighted by atomic mass is 16.5. The summed E-state index contributed by atoms with van der Waals surface area (Å²) in [5.41, 5.74) is 5.75. The maximum atomic E-state index is 12.0. The molecule has 0 heterocycles. The molecule has 1 saturated carbocycles. The number of carbonyl (C=O) groups excluding carboxylic acids is 1. The van der Waals surface area contributed by atoms with Gasteiger partial charge in [0.1, 0.15) is 6.10 Å². The van der Waals surface area contributed by atoms with Gasteiger partial charge in [0.2, 0.25) is 0 Å². The van der Waals surface area contributed by atoms with Crippen LogP contribution in [-0.4, -0.2) is 31.7 Å². The molecule has 0 radical (unpaired) electrons. The fourth-order valence-corrected chi connectivity index (χ4v) is 2.93. The van der Waals surface area contributed by atoms with Crippen LogP contribution in [0.3, 0.4) is 0 Å². The van der Waals surface area contributed by atoms with Crippen molar-refractivity contribution < 1.29 is 9.53 Å². The lowest BCUT2D eigenvalue weighted by molar-refractivity contribution is -0.132. The average Bonchev–Trinajstić information content (AvgIpc) is 2.30. The van der Waals surface area contributed by atoms with Crippen molar-refractivity contribution in [2.45, 2.75) is 58.6 Å². The summed E-state index contributed by atoms with van der Waals surface area (Å²) in [6.07, 6.45) is 4.19. The zero-order valence-corrected chi connectivity index (χ0v) is 12.2.